The zero-order valence-corrected chi connectivity index (χ0v) is 17.6. The first kappa shape index (κ1) is 19.2. The average molecular weight is 442 g/mol. The summed E-state index contributed by atoms with van der Waals surface area (Å²) in [6.07, 6.45) is 6.61. The number of ether oxygens (including phenoxy) is 1. The zero-order valence-electron chi connectivity index (χ0n) is 16.0. The number of benzene rings is 2. The predicted octanol–water partition coefficient (Wildman–Crippen LogP) is 5.46. The van der Waals surface area contributed by atoms with E-state index in [0.29, 0.717) is 23.6 Å². The number of ketones is 1. The molecule has 4 nitrogen and oxygen atoms in total. The quantitative estimate of drug-likeness (QED) is 0.642. The first-order valence-electron chi connectivity index (χ1n) is 9.80. The van der Waals surface area contributed by atoms with Gasteiger partial charge in [0.05, 0.1) is 11.1 Å². The number of allylic oxidation sites excluding steroid dienone is 1. The number of likely N-dealkylation sites (tertiary alicyclic amines) is 1. The summed E-state index contributed by atoms with van der Waals surface area (Å²) in [5.74, 6) is 0.920. The van der Waals surface area contributed by atoms with Crippen molar-refractivity contribution in [3.05, 3.63) is 62.8 Å². The van der Waals surface area contributed by atoms with Crippen LogP contribution in [0.2, 0.25) is 0 Å². The summed E-state index contributed by atoms with van der Waals surface area (Å²) in [6.45, 7) is 4.47. The van der Waals surface area contributed by atoms with Crippen LogP contribution in [0.15, 0.2) is 40.6 Å². The number of Topliss-reactive ketones (excluding diaryl/α,β-unsaturated/α-hetero) is 1. The fourth-order valence-electron chi connectivity index (χ4n) is 3.96. The van der Waals surface area contributed by atoms with Crippen molar-refractivity contribution in [2.75, 3.05) is 13.1 Å². The van der Waals surface area contributed by atoms with Gasteiger partial charge in [0.15, 0.2) is 5.76 Å². The normalized spacial score (nSPS) is 18.8. The van der Waals surface area contributed by atoms with E-state index in [9.17, 15) is 9.90 Å². The molecule has 0 saturated carbocycles. The predicted molar refractivity (Wildman–Crippen MR) is 114 cm³/mol. The average Bonchev–Trinajstić information content (AvgIpc) is 2.84. The Morgan fingerprint density at radius 2 is 1.82 bits per heavy atom. The minimum Gasteiger partial charge on any atom is -0.507 e. The van der Waals surface area contributed by atoms with Crippen molar-refractivity contribution in [1.82, 2.24) is 4.90 Å². The highest BCUT2D eigenvalue weighted by Gasteiger charge is 2.33. The Labute approximate surface area is 173 Å². The van der Waals surface area contributed by atoms with Crippen LogP contribution in [0.4, 0.5) is 0 Å². The molecule has 2 aromatic rings. The fourth-order valence-corrected chi connectivity index (χ4v) is 4.23. The number of phenolic OH excluding ortho intramolecular Hbond substituents is 1. The van der Waals surface area contributed by atoms with Crippen LogP contribution in [0, 0.1) is 6.92 Å². The molecule has 1 N–H and O–H groups in total. The lowest BCUT2D eigenvalue weighted by molar-refractivity contribution is 0.101. The molecule has 28 heavy (non-hydrogen) atoms. The summed E-state index contributed by atoms with van der Waals surface area (Å²) in [4.78, 5) is 15.4. The Bertz CT molecular complexity index is 926. The van der Waals surface area contributed by atoms with Crippen LogP contribution < -0.4 is 4.74 Å². The molecule has 0 amide bonds. The van der Waals surface area contributed by atoms with Crippen LogP contribution in [-0.2, 0) is 6.54 Å². The van der Waals surface area contributed by atoms with Crippen LogP contribution >= 0.6 is 15.9 Å². The Kier molecular flexibility index (Phi) is 5.56. The lowest BCUT2D eigenvalue weighted by Gasteiger charge is -2.21. The molecule has 0 atom stereocenters. The number of hydrogen-bond acceptors (Lipinski definition) is 4. The van der Waals surface area contributed by atoms with Crippen LogP contribution in [0.5, 0.6) is 11.5 Å². The topological polar surface area (TPSA) is 49.8 Å². The van der Waals surface area contributed by atoms with Gasteiger partial charge in [0.2, 0.25) is 5.78 Å². The van der Waals surface area contributed by atoms with Gasteiger partial charge in [0.1, 0.15) is 11.5 Å². The molecule has 146 valence electrons. The molecular weight excluding hydrogens is 418 g/mol. The summed E-state index contributed by atoms with van der Waals surface area (Å²) >= 11 is 3.42. The van der Waals surface area contributed by atoms with E-state index in [0.717, 1.165) is 34.3 Å². The standard InChI is InChI=1S/C23H24BrNO3/c1-15-12-19(26)18(14-25-10-4-2-3-5-11-25)23-21(15)22(27)20(28-23)13-16-6-8-17(24)9-7-16/h6-9,12-13,26H,2-5,10-11,14H2,1H3/b20-13-. The van der Waals surface area contributed by atoms with Crippen LogP contribution in [0.25, 0.3) is 6.08 Å². The Balaban J connectivity index is 1.68. The van der Waals surface area contributed by atoms with E-state index in [-0.39, 0.29) is 11.5 Å². The largest absolute Gasteiger partial charge is 0.507 e. The molecule has 5 heteroatoms. The summed E-state index contributed by atoms with van der Waals surface area (Å²) in [7, 11) is 0. The van der Waals surface area contributed by atoms with Crippen LogP contribution in [0.3, 0.4) is 0 Å². The van der Waals surface area contributed by atoms with E-state index < -0.39 is 0 Å². The van der Waals surface area contributed by atoms with Gasteiger partial charge in [-0.2, -0.15) is 0 Å². The number of fused-ring (bicyclic) bond motifs is 1. The van der Waals surface area contributed by atoms with Crippen molar-refractivity contribution in [2.24, 2.45) is 0 Å². The van der Waals surface area contributed by atoms with Gasteiger partial charge in [0, 0.05) is 11.0 Å². The zero-order chi connectivity index (χ0) is 19.7. The van der Waals surface area contributed by atoms with Gasteiger partial charge in [0.25, 0.3) is 0 Å². The van der Waals surface area contributed by atoms with Crippen molar-refractivity contribution in [3.63, 3.8) is 0 Å². The van der Waals surface area contributed by atoms with Crippen LogP contribution in [0.1, 0.15) is 52.7 Å². The minimum absolute atomic E-state index is 0.118. The molecule has 2 aliphatic heterocycles. The Morgan fingerprint density at radius 1 is 1.14 bits per heavy atom. The second-order valence-electron chi connectivity index (χ2n) is 7.58. The number of carbonyl (C=O) groups is 1. The van der Waals surface area contributed by atoms with E-state index in [1.807, 2.05) is 31.2 Å². The highest BCUT2D eigenvalue weighted by molar-refractivity contribution is 9.10. The number of nitrogens with zero attached hydrogens (tertiary/aromatic N) is 1. The van der Waals surface area contributed by atoms with Crippen LogP contribution in [-0.4, -0.2) is 28.9 Å². The van der Waals surface area contributed by atoms with E-state index in [1.165, 1.54) is 25.7 Å². The maximum absolute atomic E-state index is 13.0. The van der Waals surface area contributed by atoms with E-state index >= 15 is 0 Å². The lowest BCUT2D eigenvalue weighted by atomic mass is 9.99. The fraction of sp³-hybridized carbons (Fsp3) is 0.348. The number of rotatable bonds is 3. The second kappa shape index (κ2) is 8.10. The number of hydrogen-bond donors (Lipinski definition) is 1. The highest BCUT2D eigenvalue weighted by Crippen LogP contribution is 2.42. The molecule has 0 aromatic heterocycles. The van der Waals surface area contributed by atoms with Gasteiger partial charge >= 0.3 is 0 Å². The SMILES string of the molecule is Cc1cc(O)c(CN2CCCCCC2)c2c1C(=O)/C(=C/c1ccc(Br)cc1)O2. The molecule has 0 radical (unpaired) electrons. The van der Waals surface area contributed by atoms with Crippen molar-refractivity contribution in [3.8, 4) is 11.5 Å². The smallest absolute Gasteiger partial charge is 0.232 e. The molecule has 4 rings (SSSR count). The summed E-state index contributed by atoms with van der Waals surface area (Å²) in [5.41, 5.74) is 2.94. The maximum atomic E-state index is 13.0. The van der Waals surface area contributed by atoms with E-state index in [4.69, 9.17) is 4.74 Å². The summed E-state index contributed by atoms with van der Waals surface area (Å²) in [6, 6.07) is 9.41. The third kappa shape index (κ3) is 3.87. The molecule has 0 spiro atoms. The molecule has 2 aliphatic rings. The molecule has 0 bridgehead atoms. The summed E-state index contributed by atoms with van der Waals surface area (Å²) in [5, 5.41) is 10.6. The molecule has 2 heterocycles. The highest BCUT2D eigenvalue weighted by atomic mass is 79.9. The summed E-state index contributed by atoms with van der Waals surface area (Å²) < 4.78 is 7.02. The number of aryl methyl sites for hydroxylation is 1. The number of halogens is 1. The monoisotopic (exact) mass is 441 g/mol. The molecule has 0 unspecified atom stereocenters. The maximum Gasteiger partial charge on any atom is 0.232 e. The van der Waals surface area contributed by atoms with Gasteiger partial charge in [-0.25, -0.2) is 0 Å². The molecule has 2 aromatic carbocycles. The number of phenols is 1. The lowest BCUT2D eigenvalue weighted by Crippen LogP contribution is -2.24. The molecular formula is C23H24BrNO3. The molecule has 0 aliphatic carbocycles. The minimum atomic E-state index is -0.118. The van der Waals surface area contributed by atoms with Crippen molar-refractivity contribution >= 4 is 27.8 Å². The van der Waals surface area contributed by atoms with E-state index in [1.54, 1.807) is 12.1 Å². The second-order valence-corrected chi connectivity index (χ2v) is 8.49. The van der Waals surface area contributed by atoms with E-state index in [2.05, 4.69) is 20.8 Å². The van der Waals surface area contributed by atoms with Gasteiger partial charge in [-0.1, -0.05) is 40.9 Å². The van der Waals surface area contributed by atoms with Crippen molar-refractivity contribution in [2.45, 2.75) is 39.2 Å². The van der Waals surface area contributed by atoms with Gasteiger partial charge in [-0.3, -0.25) is 9.69 Å². The Morgan fingerprint density at radius 3 is 2.50 bits per heavy atom. The van der Waals surface area contributed by atoms with Gasteiger partial charge in [-0.05, 0) is 68.3 Å². The Hall–Kier alpha value is -2.11. The third-order valence-corrected chi connectivity index (χ3v) is 6.00. The first-order valence-corrected chi connectivity index (χ1v) is 10.6. The molecule has 1 saturated heterocycles. The van der Waals surface area contributed by atoms with Crippen molar-refractivity contribution < 1.29 is 14.6 Å². The molecule has 1 fully saturated rings. The number of carbonyl (C=O) groups excluding carboxylic acids is 1. The number of aromatic hydroxyl groups is 1. The first-order chi connectivity index (χ1) is 13.5. The van der Waals surface area contributed by atoms with Gasteiger partial charge < -0.3 is 9.84 Å². The third-order valence-electron chi connectivity index (χ3n) is 5.47. The van der Waals surface area contributed by atoms with Gasteiger partial charge in [-0.15, -0.1) is 0 Å². The van der Waals surface area contributed by atoms with Crippen molar-refractivity contribution in [1.29, 1.82) is 0 Å².